The van der Waals surface area contributed by atoms with Gasteiger partial charge in [-0.2, -0.15) is 5.26 Å². The minimum absolute atomic E-state index is 0.452. The van der Waals surface area contributed by atoms with Crippen LogP contribution in [0.1, 0.15) is 11.3 Å². The van der Waals surface area contributed by atoms with Crippen LogP contribution in [-0.4, -0.2) is 4.98 Å². The number of hydrogen-bond donors (Lipinski definition) is 1. The van der Waals surface area contributed by atoms with E-state index in [0.29, 0.717) is 6.42 Å². The van der Waals surface area contributed by atoms with E-state index < -0.39 is 0 Å². The molecule has 0 unspecified atom stereocenters. The van der Waals surface area contributed by atoms with E-state index in [4.69, 9.17) is 5.26 Å². The van der Waals surface area contributed by atoms with Crippen molar-refractivity contribution in [2.75, 3.05) is 0 Å². The van der Waals surface area contributed by atoms with Crippen molar-refractivity contribution >= 4 is 10.9 Å². The highest BCUT2D eigenvalue weighted by molar-refractivity contribution is 5.81. The summed E-state index contributed by atoms with van der Waals surface area (Å²) in [4.78, 5) is 3.20. The first-order valence-corrected chi connectivity index (χ1v) is 4.25. The number of aromatic nitrogens is 1. The van der Waals surface area contributed by atoms with Crippen molar-refractivity contribution in [1.29, 1.82) is 5.26 Å². The lowest BCUT2D eigenvalue weighted by Crippen LogP contribution is -1.77. The van der Waals surface area contributed by atoms with Gasteiger partial charge in [-0.25, -0.2) is 0 Å². The van der Waals surface area contributed by atoms with Crippen molar-refractivity contribution in [1.82, 2.24) is 4.98 Å². The Labute approximate surface area is 76.8 Å². The predicted molar refractivity (Wildman–Crippen MR) is 52.4 cm³/mol. The molecule has 0 aliphatic rings. The van der Waals surface area contributed by atoms with Crippen LogP contribution in [-0.2, 0) is 6.42 Å². The molecule has 2 rings (SSSR count). The minimum Gasteiger partial charge on any atom is -0.358 e. The molecule has 2 aromatic rings. The van der Waals surface area contributed by atoms with Crippen molar-refractivity contribution in [3.8, 4) is 6.07 Å². The Morgan fingerprint density at radius 3 is 3.00 bits per heavy atom. The van der Waals surface area contributed by atoms with Crippen LogP contribution < -0.4 is 0 Å². The van der Waals surface area contributed by atoms with Gasteiger partial charge in [0.1, 0.15) is 0 Å². The maximum atomic E-state index is 8.53. The van der Waals surface area contributed by atoms with Gasteiger partial charge in [-0.15, -0.1) is 0 Å². The third-order valence-corrected chi connectivity index (χ3v) is 2.10. The zero-order chi connectivity index (χ0) is 9.26. The Hall–Kier alpha value is -1.75. The summed E-state index contributed by atoms with van der Waals surface area (Å²) in [6.07, 6.45) is 0.452. The molecule has 0 amide bonds. The number of H-pyrrole nitrogens is 1. The minimum atomic E-state index is 0.452. The molecule has 2 nitrogen and oxygen atoms in total. The summed E-state index contributed by atoms with van der Waals surface area (Å²) in [6, 6.07) is 10.4. The first kappa shape index (κ1) is 7.88. The van der Waals surface area contributed by atoms with Crippen LogP contribution in [0.5, 0.6) is 0 Å². The predicted octanol–water partition coefficient (Wildman–Crippen LogP) is 2.54. The van der Waals surface area contributed by atoms with E-state index in [1.807, 2.05) is 12.1 Å². The van der Waals surface area contributed by atoms with Gasteiger partial charge in [0.2, 0.25) is 0 Å². The van der Waals surface area contributed by atoms with Crippen LogP contribution in [0, 0.1) is 18.3 Å². The molecular formula is C11H10N2. The van der Waals surface area contributed by atoms with E-state index in [1.165, 1.54) is 10.9 Å². The molecule has 0 saturated carbocycles. The van der Waals surface area contributed by atoms with Gasteiger partial charge in [0.15, 0.2) is 0 Å². The van der Waals surface area contributed by atoms with Gasteiger partial charge in [-0.1, -0.05) is 11.6 Å². The lowest BCUT2D eigenvalue weighted by atomic mass is 10.2. The number of hydrogen-bond acceptors (Lipinski definition) is 1. The number of nitrogens with zero attached hydrogens (tertiary/aromatic N) is 1. The van der Waals surface area contributed by atoms with Crippen molar-refractivity contribution in [3.63, 3.8) is 0 Å². The van der Waals surface area contributed by atoms with E-state index >= 15 is 0 Å². The summed E-state index contributed by atoms with van der Waals surface area (Å²) in [7, 11) is 0. The normalized spacial score (nSPS) is 10.2. The molecule has 0 aliphatic carbocycles. The SMILES string of the molecule is Cc1ccc2[nH]c(CC#N)cc2c1. The van der Waals surface area contributed by atoms with E-state index in [9.17, 15) is 0 Å². The summed E-state index contributed by atoms with van der Waals surface area (Å²) >= 11 is 0. The topological polar surface area (TPSA) is 39.6 Å². The molecule has 0 radical (unpaired) electrons. The fraction of sp³-hybridized carbons (Fsp3) is 0.182. The van der Waals surface area contributed by atoms with Crippen molar-refractivity contribution in [2.24, 2.45) is 0 Å². The molecule has 0 fully saturated rings. The number of aryl methyl sites for hydroxylation is 1. The monoisotopic (exact) mass is 170 g/mol. The molecule has 0 saturated heterocycles. The highest BCUT2D eigenvalue weighted by atomic mass is 14.7. The first-order valence-electron chi connectivity index (χ1n) is 4.25. The fourth-order valence-electron chi connectivity index (χ4n) is 1.49. The Balaban J connectivity index is 2.57. The van der Waals surface area contributed by atoms with Crippen LogP contribution in [0.2, 0.25) is 0 Å². The Kier molecular flexibility index (Phi) is 1.79. The second kappa shape index (κ2) is 2.95. The van der Waals surface area contributed by atoms with Gasteiger partial charge in [-0.3, -0.25) is 0 Å². The van der Waals surface area contributed by atoms with Crippen molar-refractivity contribution in [2.45, 2.75) is 13.3 Å². The molecule has 64 valence electrons. The Bertz CT molecular complexity index is 474. The number of aromatic amines is 1. The van der Waals surface area contributed by atoms with Gasteiger partial charge in [-0.05, 0) is 30.5 Å². The molecule has 1 N–H and O–H groups in total. The average molecular weight is 170 g/mol. The van der Waals surface area contributed by atoms with Crippen LogP contribution in [0.4, 0.5) is 0 Å². The van der Waals surface area contributed by atoms with Crippen molar-refractivity contribution in [3.05, 3.63) is 35.5 Å². The number of nitrogens with one attached hydrogen (secondary N) is 1. The molecule has 0 spiro atoms. The van der Waals surface area contributed by atoms with Crippen LogP contribution in [0.3, 0.4) is 0 Å². The average Bonchev–Trinajstić information content (AvgIpc) is 2.46. The van der Waals surface area contributed by atoms with E-state index in [-0.39, 0.29) is 0 Å². The molecule has 2 heteroatoms. The summed E-state index contributed by atoms with van der Waals surface area (Å²) in [5.74, 6) is 0. The van der Waals surface area contributed by atoms with Gasteiger partial charge in [0.25, 0.3) is 0 Å². The molecule has 0 atom stereocenters. The lowest BCUT2D eigenvalue weighted by Gasteiger charge is -1.90. The highest BCUT2D eigenvalue weighted by Gasteiger charge is 1.99. The maximum absolute atomic E-state index is 8.53. The molecular weight excluding hydrogens is 160 g/mol. The largest absolute Gasteiger partial charge is 0.358 e. The Morgan fingerprint density at radius 2 is 2.23 bits per heavy atom. The zero-order valence-corrected chi connectivity index (χ0v) is 7.46. The first-order chi connectivity index (χ1) is 6.29. The second-order valence-corrected chi connectivity index (χ2v) is 3.22. The van der Waals surface area contributed by atoms with E-state index in [1.54, 1.807) is 0 Å². The quantitative estimate of drug-likeness (QED) is 0.701. The summed E-state index contributed by atoms with van der Waals surface area (Å²) in [6.45, 7) is 2.07. The van der Waals surface area contributed by atoms with Gasteiger partial charge in [0, 0.05) is 11.2 Å². The number of rotatable bonds is 1. The lowest BCUT2D eigenvalue weighted by molar-refractivity contribution is 1.17. The molecule has 0 aliphatic heterocycles. The second-order valence-electron chi connectivity index (χ2n) is 3.22. The van der Waals surface area contributed by atoms with E-state index in [0.717, 1.165) is 11.2 Å². The zero-order valence-electron chi connectivity index (χ0n) is 7.46. The third kappa shape index (κ3) is 1.41. The molecule has 1 aromatic heterocycles. The molecule has 1 aromatic carbocycles. The summed E-state index contributed by atoms with van der Waals surface area (Å²) < 4.78 is 0. The fourth-order valence-corrected chi connectivity index (χ4v) is 1.49. The van der Waals surface area contributed by atoms with Crippen LogP contribution >= 0.6 is 0 Å². The van der Waals surface area contributed by atoms with Crippen LogP contribution in [0.15, 0.2) is 24.3 Å². The van der Waals surface area contributed by atoms with Gasteiger partial charge >= 0.3 is 0 Å². The molecule has 0 bridgehead atoms. The standard InChI is InChI=1S/C11H10N2/c1-8-2-3-11-9(6-8)7-10(13-11)4-5-12/h2-3,6-7,13H,4H2,1H3. The van der Waals surface area contributed by atoms with E-state index in [2.05, 4.69) is 30.1 Å². The highest BCUT2D eigenvalue weighted by Crippen LogP contribution is 2.16. The third-order valence-electron chi connectivity index (χ3n) is 2.10. The summed E-state index contributed by atoms with van der Waals surface area (Å²) in [5.41, 5.74) is 3.34. The smallest absolute Gasteiger partial charge is 0.0752 e. The molecule has 1 heterocycles. The van der Waals surface area contributed by atoms with Crippen molar-refractivity contribution < 1.29 is 0 Å². The van der Waals surface area contributed by atoms with Gasteiger partial charge < -0.3 is 4.98 Å². The number of benzene rings is 1. The number of nitriles is 1. The van der Waals surface area contributed by atoms with Gasteiger partial charge in [0.05, 0.1) is 12.5 Å². The molecule has 13 heavy (non-hydrogen) atoms. The summed E-state index contributed by atoms with van der Waals surface area (Å²) in [5, 5.41) is 9.71. The van der Waals surface area contributed by atoms with Crippen LogP contribution in [0.25, 0.3) is 10.9 Å². The Morgan fingerprint density at radius 1 is 1.38 bits per heavy atom. The maximum Gasteiger partial charge on any atom is 0.0752 e. The number of fused-ring (bicyclic) bond motifs is 1.